The van der Waals surface area contributed by atoms with E-state index in [0.29, 0.717) is 12.8 Å². The molecule has 0 fully saturated rings. The molecule has 1 aliphatic rings. The number of ketones is 1. The molecule has 2 rings (SSSR count). The van der Waals surface area contributed by atoms with Crippen molar-refractivity contribution < 1.29 is 34.5 Å². The number of aliphatic hydroxyl groups is 2. The number of nitrogens with zero attached hydrogens (tertiary/aromatic N) is 1. The monoisotopic (exact) mass is 367 g/mol. The molecular weight excluding hydrogens is 349 g/mol. The number of hydrogen-bond donors (Lipinski definition) is 5. The quantitative estimate of drug-likeness (QED) is 0.485. The highest BCUT2D eigenvalue weighted by atomic mass is 31.2. The predicted octanol–water partition coefficient (Wildman–Crippen LogP) is 2.48. The molecule has 0 bridgehead atoms. The van der Waals surface area contributed by atoms with Crippen molar-refractivity contribution in [3.63, 3.8) is 0 Å². The minimum Gasteiger partial charge on any atom is -0.512 e. The third-order valence-electron chi connectivity index (χ3n) is 3.53. The maximum absolute atomic E-state index is 12.4. The molecule has 0 saturated carbocycles. The molecule has 0 amide bonds. The van der Waals surface area contributed by atoms with Crippen molar-refractivity contribution in [3.05, 3.63) is 53.0 Å². The predicted molar refractivity (Wildman–Crippen MR) is 90.5 cm³/mol. The first-order valence-corrected chi connectivity index (χ1v) is 9.01. The highest BCUT2D eigenvalue weighted by Gasteiger charge is 2.27. The Balaban J connectivity index is 2.11. The van der Waals surface area contributed by atoms with Gasteiger partial charge in [0.2, 0.25) is 0 Å². The zero-order valence-electron chi connectivity index (χ0n) is 13.2. The maximum Gasteiger partial charge on any atom is 0.448 e. The average Bonchev–Trinajstić information content (AvgIpc) is 2.46. The van der Waals surface area contributed by atoms with Crippen LogP contribution in [-0.2, 0) is 15.8 Å². The van der Waals surface area contributed by atoms with Crippen LogP contribution in [0.15, 0.2) is 52.2 Å². The van der Waals surface area contributed by atoms with Crippen molar-refractivity contribution in [2.24, 2.45) is 4.76 Å². The smallest absolute Gasteiger partial charge is 0.448 e. The highest BCUT2D eigenvalue weighted by molar-refractivity contribution is 7.50. The lowest BCUT2D eigenvalue weighted by Crippen LogP contribution is -2.19. The summed E-state index contributed by atoms with van der Waals surface area (Å²) in [5.74, 6) is -1.29. The van der Waals surface area contributed by atoms with E-state index in [1.807, 2.05) is 0 Å². The number of phenolic OH excluding ortho intramolecular Hbond substituents is 1. The molecule has 8 nitrogen and oxygen atoms in total. The fourth-order valence-corrected chi connectivity index (χ4v) is 2.96. The largest absolute Gasteiger partial charge is 0.512 e. The van der Waals surface area contributed by atoms with Crippen molar-refractivity contribution in [2.75, 3.05) is 0 Å². The second kappa shape index (κ2) is 7.65. The molecule has 0 aromatic heterocycles. The summed E-state index contributed by atoms with van der Waals surface area (Å²) in [5, 5.41) is 28.6. The number of benzene rings is 1. The van der Waals surface area contributed by atoms with Crippen LogP contribution in [0.3, 0.4) is 0 Å². The van der Waals surface area contributed by atoms with E-state index in [1.54, 1.807) is 12.1 Å². The molecule has 1 aromatic rings. The van der Waals surface area contributed by atoms with Gasteiger partial charge in [-0.25, -0.2) is 4.57 Å². The number of aliphatic hydroxyl groups excluding tert-OH is 2. The van der Waals surface area contributed by atoms with Gasteiger partial charge < -0.3 is 25.1 Å². The van der Waals surface area contributed by atoms with Gasteiger partial charge >= 0.3 is 7.75 Å². The molecule has 0 unspecified atom stereocenters. The molecule has 0 saturated heterocycles. The maximum atomic E-state index is 12.4. The lowest BCUT2D eigenvalue weighted by atomic mass is 9.93. The van der Waals surface area contributed by atoms with Crippen LogP contribution in [0, 0.1) is 0 Å². The van der Waals surface area contributed by atoms with E-state index < -0.39 is 19.3 Å². The first kappa shape index (κ1) is 18.9. The van der Waals surface area contributed by atoms with Crippen molar-refractivity contribution in [2.45, 2.75) is 25.7 Å². The number of hydrogen-bond acceptors (Lipinski definition) is 5. The number of aromatic hydroxyl groups is 1. The van der Waals surface area contributed by atoms with Gasteiger partial charge in [-0.2, -0.15) is 4.76 Å². The third kappa shape index (κ3) is 5.56. The third-order valence-corrected chi connectivity index (χ3v) is 4.03. The van der Waals surface area contributed by atoms with Crippen LogP contribution in [0.4, 0.5) is 0 Å². The van der Waals surface area contributed by atoms with E-state index in [4.69, 9.17) is 9.79 Å². The van der Waals surface area contributed by atoms with Crippen molar-refractivity contribution >= 4 is 19.2 Å². The molecule has 134 valence electrons. The van der Waals surface area contributed by atoms with Gasteiger partial charge in [0.05, 0.1) is 11.3 Å². The second-order valence-electron chi connectivity index (χ2n) is 5.58. The fraction of sp³-hybridized carbons (Fsp3) is 0.250. The van der Waals surface area contributed by atoms with Gasteiger partial charge in [0.15, 0.2) is 5.78 Å². The Labute approximate surface area is 143 Å². The van der Waals surface area contributed by atoms with Gasteiger partial charge in [-0.15, -0.1) is 0 Å². The Kier molecular flexibility index (Phi) is 5.79. The van der Waals surface area contributed by atoms with Crippen LogP contribution < -0.4 is 0 Å². The van der Waals surface area contributed by atoms with E-state index in [0.717, 1.165) is 11.6 Å². The molecule has 0 spiro atoms. The molecular formula is C16H18NO7P. The zero-order valence-corrected chi connectivity index (χ0v) is 14.1. The van der Waals surface area contributed by atoms with Crippen LogP contribution in [0.2, 0.25) is 0 Å². The van der Waals surface area contributed by atoms with Crippen LogP contribution in [0.25, 0.3) is 0 Å². The molecule has 0 aliphatic heterocycles. The number of Topliss-reactive ketones (excluding diaryl/α,β-unsaturated/α-hetero) is 1. The highest BCUT2D eigenvalue weighted by Crippen LogP contribution is 2.39. The number of aryl methyl sites for hydroxylation is 1. The topological polar surface area (TPSA) is 148 Å². The summed E-state index contributed by atoms with van der Waals surface area (Å²) in [6, 6.07) is 6.51. The first-order chi connectivity index (χ1) is 11.7. The molecule has 25 heavy (non-hydrogen) atoms. The summed E-state index contributed by atoms with van der Waals surface area (Å²) in [6.07, 6.45) is 1.63. The van der Waals surface area contributed by atoms with Crippen LogP contribution in [-0.4, -0.2) is 36.6 Å². The Hall–Kier alpha value is -2.41. The first-order valence-electron chi connectivity index (χ1n) is 7.44. The molecule has 1 aromatic carbocycles. The van der Waals surface area contributed by atoms with Crippen molar-refractivity contribution in [1.29, 1.82) is 0 Å². The van der Waals surface area contributed by atoms with E-state index >= 15 is 0 Å². The van der Waals surface area contributed by atoms with Crippen LogP contribution in [0.5, 0.6) is 5.75 Å². The van der Waals surface area contributed by atoms with E-state index in [1.165, 1.54) is 12.1 Å². The average molecular weight is 367 g/mol. The standard InChI is InChI=1S/C16H18NO7P/c18-11-6-4-10(5-7-11)2-1-3-14(20)16-13(17-25(22,23)24)8-12(19)9-15(16)21/h4-7,9,18-19,21H,1-3,8H2,(H2,22,23,24). The SMILES string of the molecule is O=C(CCCc1ccc(O)cc1)C1=C(O)C=C(O)CC1=NP(=O)(O)O. The van der Waals surface area contributed by atoms with Crippen molar-refractivity contribution in [3.8, 4) is 5.75 Å². The number of carbonyl (C=O) groups excluding carboxylic acids is 1. The summed E-state index contributed by atoms with van der Waals surface area (Å²) in [4.78, 5) is 30.3. The normalized spacial score (nSPS) is 16.9. The molecule has 0 heterocycles. The Morgan fingerprint density at radius 3 is 2.36 bits per heavy atom. The van der Waals surface area contributed by atoms with Crippen LogP contribution >= 0.6 is 7.75 Å². The fourth-order valence-electron chi connectivity index (χ4n) is 2.48. The molecule has 0 radical (unpaired) electrons. The molecule has 5 N–H and O–H groups in total. The summed E-state index contributed by atoms with van der Waals surface area (Å²) in [7, 11) is -4.81. The lowest BCUT2D eigenvalue weighted by molar-refractivity contribution is -0.115. The van der Waals surface area contributed by atoms with Gasteiger partial charge in [0, 0.05) is 18.9 Å². The minimum atomic E-state index is -4.81. The minimum absolute atomic E-state index is 0.0229. The molecule has 9 heteroatoms. The summed E-state index contributed by atoms with van der Waals surface area (Å²) in [6.45, 7) is 0. The van der Waals surface area contributed by atoms with Crippen LogP contribution in [0.1, 0.15) is 24.8 Å². The Bertz CT molecular complexity index is 802. The van der Waals surface area contributed by atoms with Gasteiger partial charge in [0.25, 0.3) is 0 Å². The summed E-state index contributed by atoms with van der Waals surface area (Å²) >= 11 is 0. The Morgan fingerprint density at radius 2 is 1.76 bits per heavy atom. The number of rotatable bonds is 6. The number of carbonyl (C=O) groups is 1. The zero-order chi connectivity index (χ0) is 18.6. The van der Waals surface area contributed by atoms with Crippen molar-refractivity contribution in [1.82, 2.24) is 0 Å². The number of phenols is 1. The van der Waals surface area contributed by atoms with Gasteiger partial charge in [-0.1, -0.05) is 12.1 Å². The van der Waals surface area contributed by atoms with Gasteiger partial charge in [0.1, 0.15) is 17.3 Å². The van der Waals surface area contributed by atoms with E-state index in [-0.39, 0.29) is 35.6 Å². The molecule has 0 atom stereocenters. The van der Waals surface area contributed by atoms with Gasteiger partial charge in [-0.05, 0) is 30.5 Å². The summed E-state index contributed by atoms with van der Waals surface area (Å²) < 4.78 is 14.2. The van der Waals surface area contributed by atoms with E-state index in [2.05, 4.69) is 4.76 Å². The van der Waals surface area contributed by atoms with Gasteiger partial charge in [-0.3, -0.25) is 4.79 Å². The summed E-state index contributed by atoms with van der Waals surface area (Å²) in [5.41, 5.74) is 0.293. The molecule has 1 aliphatic carbocycles. The second-order valence-corrected chi connectivity index (χ2v) is 6.80. The lowest BCUT2D eigenvalue weighted by Gasteiger charge is -2.16. The Morgan fingerprint density at radius 1 is 1.12 bits per heavy atom. The number of allylic oxidation sites excluding steroid dienone is 3. The van der Waals surface area contributed by atoms with E-state index in [9.17, 15) is 24.7 Å².